The Hall–Kier alpha value is -1.56. The van der Waals surface area contributed by atoms with Gasteiger partial charge < -0.3 is 10.6 Å². The van der Waals surface area contributed by atoms with Crippen LogP contribution in [0.2, 0.25) is 5.02 Å². The zero-order valence-electron chi connectivity index (χ0n) is 11.5. The number of rotatable bonds is 5. The van der Waals surface area contributed by atoms with E-state index in [2.05, 4.69) is 15.7 Å². The van der Waals surface area contributed by atoms with Gasteiger partial charge in [0.05, 0.1) is 17.9 Å². The van der Waals surface area contributed by atoms with Gasteiger partial charge in [-0.1, -0.05) is 11.6 Å². The molecule has 0 aliphatic heterocycles. The maximum Gasteiger partial charge on any atom is 0.287 e. The number of nitrogens with one attached hydrogen (secondary N) is 2. The zero-order chi connectivity index (χ0) is 14.6. The van der Waals surface area contributed by atoms with E-state index < -0.39 is 6.04 Å². The number of hydrogen-bond acceptors (Lipinski definition) is 4. The maximum absolute atomic E-state index is 11.9. The fraction of sp³-hybridized carbons (Fsp3) is 0.583. The van der Waals surface area contributed by atoms with Gasteiger partial charge in [0.1, 0.15) is 11.1 Å². The Labute approximate surface area is 117 Å². The van der Waals surface area contributed by atoms with Crippen molar-refractivity contribution >= 4 is 23.2 Å². The second-order valence-electron chi connectivity index (χ2n) is 4.48. The molecule has 0 radical (unpaired) electrons. The second-order valence-corrected chi connectivity index (χ2v) is 4.85. The number of nitrogens with zero attached hydrogens (tertiary/aromatic N) is 2. The van der Waals surface area contributed by atoms with Gasteiger partial charge in [-0.25, -0.2) is 4.68 Å². The molecule has 6 nitrogen and oxygen atoms in total. The maximum atomic E-state index is 11.9. The van der Waals surface area contributed by atoms with Crippen LogP contribution in [0, 0.1) is 0 Å². The second kappa shape index (κ2) is 6.56. The molecule has 1 heterocycles. The fourth-order valence-corrected chi connectivity index (χ4v) is 1.73. The normalized spacial score (nSPS) is 12.3. The Morgan fingerprint density at radius 3 is 2.63 bits per heavy atom. The lowest BCUT2D eigenvalue weighted by Crippen LogP contribution is -2.38. The van der Waals surface area contributed by atoms with Crippen LogP contribution < -0.4 is 16.2 Å². The van der Waals surface area contributed by atoms with Gasteiger partial charge in [-0.2, -0.15) is 5.10 Å². The number of aromatic nitrogens is 2. The van der Waals surface area contributed by atoms with Crippen LogP contribution in [0.3, 0.4) is 0 Å². The average molecular weight is 287 g/mol. The minimum atomic E-state index is -0.492. The summed E-state index contributed by atoms with van der Waals surface area (Å²) in [5.41, 5.74) is -0.00733. The van der Waals surface area contributed by atoms with Crippen molar-refractivity contribution in [3.05, 3.63) is 21.6 Å². The Morgan fingerprint density at radius 2 is 2.11 bits per heavy atom. The first-order valence-corrected chi connectivity index (χ1v) is 6.57. The summed E-state index contributed by atoms with van der Waals surface area (Å²) >= 11 is 6.00. The summed E-state index contributed by atoms with van der Waals surface area (Å²) in [6, 6.07) is -0.562. The lowest BCUT2D eigenvalue weighted by molar-refractivity contribution is -0.121. The van der Waals surface area contributed by atoms with Crippen molar-refractivity contribution in [1.29, 1.82) is 0 Å². The summed E-state index contributed by atoms with van der Waals surface area (Å²) in [7, 11) is 0. The van der Waals surface area contributed by atoms with E-state index in [4.69, 9.17) is 11.6 Å². The Kier molecular flexibility index (Phi) is 5.35. The van der Waals surface area contributed by atoms with Crippen LogP contribution in [0.1, 0.15) is 33.7 Å². The quantitative estimate of drug-likeness (QED) is 0.858. The summed E-state index contributed by atoms with van der Waals surface area (Å²) in [5, 5.41) is 9.63. The highest BCUT2D eigenvalue weighted by atomic mass is 35.5. The standard InChI is InChI=1S/C12H19ClN4O2/c1-5-14-11(18)8(4)16-9-6-15-17(7(2)3)12(19)10(9)13/h6-8,16H,5H2,1-4H3,(H,14,18). The fourth-order valence-electron chi connectivity index (χ4n) is 1.54. The Balaban J connectivity index is 2.95. The molecule has 0 aliphatic rings. The highest BCUT2D eigenvalue weighted by molar-refractivity contribution is 6.33. The van der Waals surface area contributed by atoms with Gasteiger partial charge in [-0.15, -0.1) is 0 Å². The van der Waals surface area contributed by atoms with Crippen LogP contribution in [-0.2, 0) is 4.79 Å². The first-order chi connectivity index (χ1) is 8.88. The first kappa shape index (κ1) is 15.5. The van der Waals surface area contributed by atoms with E-state index in [0.717, 1.165) is 0 Å². The van der Waals surface area contributed by atoms with Gasteiger partial charge >= 0.3 is 0 Å². The predicted octanol–water partition coefficient (Wildman–Crippen LogP) is 1.41. The van der Waals surface area contributed by atoms with E-state index >= 15 is 0 Å². The molecule has 0 aromatic carbocycles. The van der Waals surface area contributed by atoms with Gasteiger partial charge in [-0.05, 0) is 27.7 Å². The summed E-state index contributed by atoms with van der Waals surface area (Å²) in [5.74, 6) is -0.161. The smallest absolute Gasteiger partial charge is 0.287 e. The molecule has 2 N–H and O–H groups in total. The lowest BCUT2D eigenvalue weighted by atomic mass is 10.3. The molecular formula is C12H19ClN4O2. The Bertz CT molecular complexity index is 513. The van der Waals surface area contributed by atoms with Crippen LogP contribution in [0.5, 0.6) is 0 Å². The van der Waals surface area contributed by atoms with Gasteiger partial charge in [0.25, 0.3) is 5.56 Å². The SMILES string of the molecule is CCNC(=O)C(C)Nc1cnn(C(C)C)c(=O)c1Cl. The van der Waals surface area contributed by atoms with E-state index in [1.165, 1.54) is 10.9 Å². The highest BCUT2D eigenvalue weighted by Gasteiger charge is 2.16. The van der Waals surface area contributed by atoms with Gasteiger partial charge in [0.2, 0.25) is 5.91 Å². The van der Waals surface area contributed by atoms with Crippen LogP contribution in [0.25, 0.3) is 0 Å². The largest absolute Gasteiger partial charge is 0.371 e. The minimum absolute atomic E-state index is 0.0415. The van der Waals surface area contributed by atoms with E-state index in [1.807, 2.05) is 20.8 Å². The molecule has 0 saturated carbocycles. The van der Waals surface area contributed by atoms with E-state index in [-0.39, 0.29) is 22.5 Å². The van der Waals surface area contributed by atoms with Gasteiger partial charge in [0.15, 0.2) is 0 Å². The lowest BCUT2D eigenvalue weighted by Gasteiger charge is -2.16. The van der Waals surface area contributed by atoms with Crippen molar-refractivity contribution in [2.45, 2.75) is 39.8 Å². The van der Waals surface area contributed by atoms with E-state index in [1.54, 1.807) is 6.92 Å². The van der Waals surface area contributed by atoms with E-state index in [0.29, 0.717) is 12.2 Å². The summed E-state index contributed by atoms with van der Waals surface area (Å²) in [6.45, 7) is 7.76. The molecule has 1 aromatic heterocycles. The molecule has 0 aliphatic carbocycles. The Morgan fingerprint density at radius 1 is 1.47 bits per heavy atom. The molecule has 0 spiro atoms. The number of carbonyl (C=O) groups is 1. The topological polar surface area (TPSA) is 76.0 Å². The van der Waals surface area contributed by atoms with Crippen molar-refractivity contribution in [1.82, 2.24) is 15.1 Å². The van der Waals surface area contributed by atoms with Crippen molar-refractivity contribution in [2.75, 3.05) is 11.9 Å². The molecule has 0 fully saturated rings. The molecule has 19 heavy (non-hydrogen) atoms. The number of likely N-dealkylation sites (N-methyl/N-ethyl adjacent to an activating group) is 1. The zero-order valence-corrected chi connectivity index (χ0v) is 12.3. The number of hydrogen-bond donors (Lipinski definition) is 2. The van der Waals surface area contributed by atoms with Gasteiger partial charge in [0, 0.05) is 6.54 Å². The number of amides is 1. The molecule has 1 atom stereocenters. The number of carbonyl (C=O) groups excluding carboxylic acids is 1. The highest BCUT2D eigenvalue weighted by Crippen LogP contribution is 2.17. The third kappa shape index (κ3) is 3.70. The monoisotopic (exact) mass is 286 g/mol. The van der Waals surface area contributed by atoms with Crippen molar-refractivity contribution in [2.24, 2.45) is 0 Å². The minimum Gasteiger partial charge on any atom is -0.371 e. The summed E-state index contributed by atoms with van der Waals surface area (Å²) in [4.78, 5) is 23.5. The molecule has 1 rings (SSSR count). The van der Waals surface area contributed by atoms with Gasteiger partial charge in [-0.3, -0.25) is 9.59 Å². The molecule has 1 unspecified atom stereocenters. The molecule has 7 heteroatoms. The number of halogens is 1. The predicted molar refractivity (Wildman–Crippen MR) is 75.7 cm³/mol. The van der Waals surface area contributed by atoms with Crippen molar-refractivity contribution in [3.8, 4) is 0 Å². The molecule has 106 valence electrons. The van der Waals surface area contributed by atoms with Crippen LogP contribution >= 0.6 is 11.6 Å². The summed E-state index contributed by atoms with van der Waals surface area (Å²) < 4.78 is 1.30. The first-order valence-electron chi connectivity index (χ1n) is 6.20. The van der Waals surface area contributed by atoms with Crippen LogP contribution in [0.15, 0.2) is 11.0 Å². The third-order valence-electron chi connectivity index (χ3n) is 2.55. The molecule has 0 saturated heterocycles. The molecule has 1 aromatic rings. The molecule has 1 amide bonds. The van der Waals surface area contributed by atoms with Crippen LogP contribution in [0.4, 0.5) is 5.69 Å². The van der Waals surface area contributed by atoms with E-state index in [9.17, 15) is 9.59 Å². The average Bonchev–Trinajstić information content (AvgIpc) is 2.34. The van der Waals surface area contributed by atoms with Crippen LogP contribution in [-0.4, -0.2) is 28.3 Å². The molecule has 0 bridgehead atoms. The summed E-state index contributed by atoms with van der Waals surface area (Å²) in [6.07, 6.45) is 1.46. The third-order valence-corrected chi connectivity index (χ3v) is 2.91. The number of anilines is 1. The van der Waals surface area contributed by atoms with Crippen molar-refractivity contribution in [3.63, 3.8) is 0 Å². The molecular weight excluding hydrogens is 268 g/mol. The van der Waals surface area contributed by atoms with Crippen molar-refractivity contribution < 1.29 is 4.79 Å².